The highest BCUT2D eigenvalue weighted by atomic mass is 16.3. The summed E-state index contributed by atoms with van der Waals surface area (Å²) in [6.45, 7) is 3.04. The molecule has 18 heavy (non-hydrogen) atoms. The summed E-state index contributed by atoms with van der Waals surface area (Å²) in [7, 11) is 0. The van der Waals surface area contributed by atoms with Crippen molar-refractivity contribution >= 4 is 5.91 Å². The molecule has 1 aliphatic carbocycles. The van der Waals surface area contributed by atoms with E-state index in [1.54, 1.807) is 0 Å². The third-order valence-corrected chi connectivity index (χ3v) is 4.37. The lowest BCUT2D eigenvalue weighted by Gasteiger charge is -2.38. The van der Waals surface area contributed by atoms with Crippen molar-refractivity contribution in [3.63, 3.8) is 0 Å². The topological polar surface area (TPSA) is 81.6 Å². The van der Waals surface area contributed by atoms with Gasteiger partial charge in [-0.1, -0.05) is 19.8 Å². The summed E-state index contributed by atoms with van der Waals surface area (Å²) in [6, 6.07) is -0.288. The van der Waals surface area contributed by atoms with Crippen molar-refractivity contribution in [2.75, 3.05) is 13.1 Å². The molecule has 1 saturated carbocycles. The SMILES string of the molecule is C[C@]1(CNC(=O)[C@@H]2C[C@H](O)CN2)CCCC[C@@H]1O. The molecule has 4 atom stereocenters. The van der Waals surface area contributed by atoms with Gasteiger partial charge in [0.25, 0.3) is 0 Å². The zero-order valence-electron chi connectivity index (χ0n) is 11.0. The average molecular weight is 256 g/mol. The molecule has 0 unspecified atom stereocenters. The fraction of sp³-hybridized carbons (Fsp3) is 0.923. The Labute approximate surface area is 108 Å². The van der Waals surface area contributed by atoms with Crippen molar-refractivity contribution in [3.8, 4) is 0 Å². The van der Waals surface area contributed by atoms with Crippen LogP contribution in [0.2, 0.25) is 0 Å². The van der Waals surface area contributed by atoms with Crippen molar-refractivity contribution in [1.82, 2.24) is 10.6 Å². The third-order valence-electron chi connectivity index (χ3n) is 4.37. The van der Waals surface area contributed by atoms with Gasteiger partial charge in [0.2, 0.25) is 5.91 Å². The van der Waals surface area contributed by atoms with Gasteiger partial charge in [0.15, 0.2) is 0 Å². The van der Waals surface area contributed by atoms with Crippen LogP contribution >= 0.6 is 0 Å². The van der Waals surface area contributed by atoms with Crippen LogP contribution in [0.1, 0.15) is 39.0 Å². The molecule has 2 fully saturated rings. The molecule has 0 bridgehead atoms. The maximum absolute atomic E-state index is 11.9. The lowest BCUT2D eigenvalue weighted by molar-refractivity contribution is -0.124. The molecule has 5 nitrogen and oxygen atoms in total. The first kappa shape index (κ1) is 13.8. The van der Waals surface area contributed by atoms with E-state index in [2.05, 4.69) is 10.6 Å². The summed E-state index contributed by atoms with van der Waals surface area (Å²) in [6.07, 6.45) is 3.70. The first-order valence-electron chi connectivity index (χ1n) is 6.88. The summed E-state index contributed by atoms with van der Waals surface area (Å²) in [4.78, 5) is 11.9. The van der Waals surface area contributed by atoms with E-state index in [0.717, 1.165) is 25.7 Å². The Kier molecular flexibility index (Phi) is 4.25. The zero-order valence-corrected chi connectivity index (χ0v) is 11.0. The molecule has 1 amide bonds. The van der Waals surface area contributed by atoms with Gasteiger partial charge in [0, 0.05) is 18.5 Å². The Morgan fingerprint density at radius 3 is 2.83 bits per heavy atom. The van der Waals surface area contributed by atoms with Crippen LogP contribution in [0, 0.1) is 5.41 Å². The smallest absolute Gasteiger partial charge is 0.237 e. The number of β-amino-alcohol motifs (C(OH)–C–C–N with tert-alkyl or cyclic N) is 1. The van der Waals surface area contributed by atoms with Gasteiger partial charge in [-0.2, -0.15) is 0 Å². The third kappa shape index (κ3) is 3.02. The second-order valence-electron chi connectivity index (χ2n) is 5.98. The summed E-state index contributed by atoms with van der Waals surface area (Å²) in [5, 5.41) is 25.3. The van der Waals surface area contributed by atoms with Crippen molar-refractivity contribution in [3.05, 3.63) is 0 Å². The molecule has 1 saturated heterocycles. The second-order valence-corrected chi connectivity index (χ2v) is 5.98. The molecule has 0 spiro atoms. The van der Waals surface area contributed by atoms with Crippen molar-refractivity contribution in [2.24, 2.45) is 5.41 Å². The van der Waals surface area contributed by atoms with Crippen molar-refractivity contribution < 1.29 is 15.0 Å². The van der Waals surface area contributed by atoms with Crippen LogP contribution in [0.15, 0.2) is 0 Å². The van der Waals surface area contributed by atoms with Crippen LogP contribution < -0.4 is 10.6 Å². The van der Waals surface area contributed by atoms with E-state index < -0.39 is 6.10 Å². The molecule has 0 aromatic carbocycles. The molecule has 5 heteroatoms. The van der Waals surface area contributed by atoms with E-state index in [9.17, 15) is 15.0 Å². The lowest BCUT2D eigenvalue weighted by atomic mass is 9.73. The largest absolute Gasteiger partial charge is 0.392 e. The second kappa shape index (κ2) is 5.55. The van der Waals surface area contributed by atoms with Gasteiger partial charge in [-0.15, -0.1) is 0 Å². The number of nitrogens with one attached hydrogen (secondary N) is 2. The molecule has 0 radical (unpaired) electrons. The van der Waals surface area contributed by atoms with E-state index in [-0.39, 0.29) is 23.5 Å². The highest BCUT2D eigenvalue weighted by molar-refractivity contribution is 5.82. The normalized spacial score (nSPS) is 40.7. The van der Waals surface area contributed by atoms with Gasteiger partial charge in [0.1, 0.15) is 0 Å². The Balaban J connectivity index is 1.81. The van der Waals surface area contributed by atoms with E-state index >= 15 is 0 Å². The van der Waals surface area contributed by atoms with Gasteiger partial charge >= 0.3 is 0 Å². The molecule has 104 valence electrons. The zero-order chi connectivity index (χ0) is 13.2. The minimum Gasteiger partial charge on any atom is -0.392 e. The number of hydrogen-bond acceptors (Lipinski definition) is 4. The van der Waals surface area contributed by atoms with E-state index in [1.807, 2.05) is 6.92 Å². The molecule has 1 aliphatic heterocycles. The summed E-state index contributed by atoms with van der Waals surface area (Å²) in [5.74, 6) is -0.0643. The number of carbonyl (C=O) groups excluding carboxylic acids is 1. The minimum absolute atomic E-state index is 0.0643. The molecular formula is C13H24N2O3. The monoisotopic (exact) mass is 256 g/mol. The van der Waals surface area contributed by atoms with Crippen LogP contribution in [0.25, 0.3) is 0 Å². The highest BCUT2D eigenvalue weighted by Gasteiger charge is 2.36. The predicted octanol–water partition coefficient (Wildman–Crippen LogP) is -0.233. The first-order valence-corrected chi connectivity index (χ1v) is 6.88. The van der Waals surface area contributed by atoms with Crippen LogP contribution in [0.5, 0.6) is 0 Å². The fourth-order valence-electron chi connectivity index (χ4n) is 2.92. The summed E-state index contributed by atoms with van der Waals surface area (Å²) < 4.78 is 0. The van der Waals surface area contributed by atoms with E-state index in [0.29, 0.717) is 19.5 Å². The minimum atomic E-state index is -0.420. The maximum Gasteiger partial charge on any atom is 0.237 e. The molecule has 0 aromatic heterocycles. The van der Waals surface area contributed by atoms with Gasteiger partial charge < -0.3 is 20.8 Å². The average Bonchev–Trinajstić information content (AvgIpc) is 2.77. The molecule has 4 N–H and O–H groups in total. The number of aliphatic hydroxyl groups is 2. The molecule has 1 heterocycles. The van der Waals surface area contributed by atoms with E-state index in [4.69, 9.17) is 0 Å². The molecule has 2 aliphatic rings. The first-order chi connectivity index (χ1) is 8.51. The van der Waals surface area contributed by atoms with Gasteiger partial charge in [-0.3, -0.25) is 4.79 Å². The summed E-state index contributed by atoms with van der Waals surface area (Å²) in [5.41, 5.74) is -0.203. The number of hydrogen-bond donors (Lipinski definition) is 4. The van der Waals surface area contributed by atoms with Crippen LogP contribution in [0.3, 0.4) is 0 Å². The molecule has 2 rings (SSSR count). The Hall–Kier alpha value is -0.650. The van der Waals surface area contributed by atoms with Gasteiger partial charge in [-0.25, -0.2) is 0 Å². The number of aliphatic hydroxyl groups excluding tert-OH is 2. The van der Waals surface area contributed by atoms with Crippen LogP contribution in [-0.2, 0) is 4.79 Å². The van der Waals surface area contributed by atoms with Crippen LogP contribution in [-0.4, -0.2) is 47.5 Å². The highest BCUT2D eigenvalue weighted by Crippen LogP contribution is 2.35. The fourth-order valence-corrected chi connectivity index (χ4v) is 2.92. The molecular weight excluding hydrogens is 232 g/mol. The lowest BCUT2D eigenvalue weighted by Crippen LogP contribution is -2.49. The van der Waals surface area contributed by atoms with Crippen molar-refractivity contribution in [2.45, 2.75) is 57.3 Å². The number of amides is 1. The van der Waals surface area contributed by atoms with E-state index in [1.165, 1.54) is 0 Å². The van der Waals surface area contributed by atoms with Crippen molar-refractivity contribution in [1.29, 1.82) is 0 Å². The maximum atomic E-state index is 11.9. The number of rotatable bonds is 3. The summed E-state index contributed by atoms with van der Waals surface area (Å²) >= 11 is 0. The molecule has 0 aromatic rings. The Morgan fingerprint density at radius 2 is 2.22 bits per heavy atom. The van der Waals surface area contributed by atoms with Gasteiger partial charge in [0.05, 0.1) is 18.2 Å². The number of carbonyl (C=O) groups is 1. The quantitative estimate of drug-likeness (QED) is 0.562. The Morgan fingerprint density at radius 1 is 1.44 bits per heavy atom. The standard InChI is InChI=1S/C13H24N2O3/c1-13(5-3-2-4-11(13)17)8-15-12(18)10-6-9(16)7-14-10/h9-11,14,16-17H,2-8H2,1H3,(H,15,18)/t9-,10-,11-,13+/m0/s1. The Bertz CT molecular complexity index is 311. The van der Waals surface area contributed by atoms with Gasteiger partial charge in [-0.05, 0) is 19.3 Å². The van der Waals surface area contributed by atoms with Crippen LogP contribution in [0.4, 0.5) is 0 Å². The predicted molar refractivity (Wildman–Crippen MR) is 68.0 cm³/mol.